The molecule has 1 saturated heterocycles. The molecule has 0 spiro atoms. The molecule has 1 aliphatic heterocycles. The number of nitrogens with zero attached hydrogens (tertiary/aromatic N) is 1. The van der Waals surface area contributed by atoms with Gasteiger partial charge in [0.2, 0.25) is 5.91 Å². The van der Waals surface area contributed by atoms with Crippen molar-refractivity contribution in [3.63, 3.8) is 0 Å². The van der Waals surface area contributed by atoms with Crippen molar-refractivity contribution < 1.29 is 28.2 Å². The van der Waals surface area contributed by atoms with Gasteiger partial charge in [-0.15, -0.1) is 0 Å². The fourth-order valence-electron chi connectivity index (χ4n) is 3.44. The van der Waals surface area contributed by atoms with E-state index in [1.807, 2.05) is 0 Å². The lowest BCUT2D eigenvalue weighted by atomic mass is 10.2. The van der Waals surface area contributed by atoms with Crippen molar-refractivity contribution in [2.75, 3.05) is 19.0 Å². The fraction of sp³-hybridized carbons (Fsp3) is 0.115. The third-order valence-corrected chi connectivity index (χ3v) is 7.64. The van der Waals surface area contributed by atoms with Crippen molar-refractivity contribution in [3.8, 4) is 11.5 Å². The topological polar surface area (TPSA) is 84.9 Å². The zero-order valence-corrected chi connectivity index (χ0v) is 24.3. The number of anilines is 1. The lowest BCUT2D eigenvalue weighted by Gasteiger charge is -2.13. The average Bonchev–Trinajstić information content (AvgIpc) is 3.12. The van der Waals surface area contributed by atoms with Crippen LogP contribution in [0.1, 0.15) is 11.1 Å². The van der Waals surface area contributed by atoms with Gasteiger partial charge in [0.25, 0.3) is 11.1 Å². The van der Waals surface area contributed by atoms with E-state index in [9.17, 15) is 18.8 Å². The van der Waals surface area contributed by atoms with Gasteiger partial charge in [-0.25, -0.2) is 4.39 Å². The van der Waals surface area contributed by atoms with Crippen LogP contribution in [0.4, 0.5) is 14.9 Å². The van der Waals surface area contributed by atoms with Crippen molar-refractivity contribution in [3.05, 3.63) is 90.4 Å². The number of hydrogen-bond donors (Lipinski definition) is 1. The van der Waals surface area contributed by atoms with E-state index in [0.717, 1.165) is 16.7 Å². The van der Waals surface area contributed by atoms with Gasteiger partial charge >= 0.3 is 0 Å². The SMILES string of the molecule is COc1ccc(NC(=O)CN2C(=O)S/C(=C/c3cc(Br)c(OCc4ccccc4F)c(Br)c3)C2=O)cc1Cl. The molecule has 4 rings (SSSR count). The number of hydrogen-bond acceptors (Lipinski definition) is 6. The zero-order valence-electron chi connectivity index (χ0n) is 19.6. The Bertz CT molecular complexity index is 1450. The molecular formula is C26H18Br2ClFN2O5S. The summed E-state index contributed by atoms with van der Waals surface area (Å²) in [7, 11) is 1.47. The Morgan fingerprint density at radius 3 is 2.50 bits per heavy atom. The molecule has 1 heterocycles. The predicted molar refractivity (Wildman–Crippen MR) is 152 cm³/mol. The minimum absolute atomic E-state index is 0.0207. The molecule has 0 bridgehead atoms. The minimum atomic E-state index is -0.588. The molecular weight excluding hydrogens is 667 g/mol. The number of imide groups is 1. The molecule has 38 heavy (non-hydrogen) atoms. The summed E-state index contributed by atoms with van der Waals surface area (Å²) in [6.07, 6.45) is 1.54. The highest BCUT2D eigenvalue weighted by molar-refractivity contribution is 9.11. The normalized spacial score (nSPS) is 14.2. The van der Waals surface area contributed by atoms with Gasteiger partial charge in [-0.1, -0.05) is 29.8 Å². The molecule has 1 N–H and O–H groups in total. The molecule has 0 saturated carbocycles. The number of ether oxygens (including phenoxy) is 2. The van der Waals surface area contributed by atoms with Gasteiger partial charge in [-0.3, -0.25) is 19.3 Å². The second-order valence-corrected chi connectivity index (χ2v) is 11.0. The second-order valence-electron chi connectivity index (χ2n) is 7.86. The van der Waals surface area contributed by atoms with E-state index in [1.54, 1.807) is 48.5 Å². The van der Waals surface area contributed by atoms with Gasteiger partial charge < -0.3 is 14.8 Å². The maximum absolute atomic E-state index is 13.9. The second kappa shape index (κ2) is 12.3. The minimum Gasteiger partial charge on any atom is -0.495 e. The molecule has 0 unspecified atom stereocenters. The van der Waals surface area contributed by atoms with Crippen LogP contribution < -0.4 is 14.8 Å². The first-order valence-electron chi connectivity index (χ1n) is 10.9. The Kier molecular flexibility index (Phi) is 9.14. The molecule has 0 aliphatic carbocycles. The number of carbonyl (C=O) groups excluding carboxylic acids is 3. The van der Waals surface area contributed by atoms with Crippen molar-refractivity contribution in [2.24, 2.45) is 0 Å². The van der Waals surface area contributed by atoms with Crippen molar-refractivity contribution in [1.82, 2.24) is 4.90 Å². The van der Waals surface area contributed by atoms with Crippen molar-refractivity contribution >= 4 is 84.0 Å². The van der Waals surface area contributed by atoms with E-state index in [2.05, 4.69) is 37.2 Å². The lowest BCUT2D eigenvalue weighted by Crippen LogP contribution is -2.36. The van der Waals surface area contributed by atoms with Gasteiger partial charge in [-0.05, 0) is 91.7 Å². The summed E-state index contributed by atoms with van der Waals surface area (Å²) in [5.41, 5.74) is 1.41. The van der Waals surface area contributed by atoms with E-state index < -0.39 is 23.6 Å². The molecule has 3 amide bonds. The summed E-state index contributed by atoms with van der Waals surface area (Å²) in [5.74, 6) is -0.613. The Morgan fingerprint density at radius 1 is 1.13 bits per heavy atom. The van der Waals surface area contributed by atoms with Crippen LogP contribution in [0, 0.1) is 5.82 Å². The smallest absolute Gasteiger partial charge is 0.294 e. The maximum atomic E-state index is 13.9. The first-order chi connectivity index (χ1) is 18.2. The number of carbonyl (C=O) groups is 3. The number of thioether (sulfide) groups is 1. The monoisotopic (exact) mass is 682 g/mol. The third kappa shape index (κ3) is 6.58. The molecule has 0 radical (unpaired) electrons. The summed E-state index contributed by atoms with van der Waals surface area (Å²) in [4.78, 5) is 38.9. The molecule has 1 aliphatic rings. The molecule has 0 aromatic heterocycles. The van der Waals surface area contributed by atoms with Gasteiger partial charge in [0.15, 0.2) is 0 Å². The molecule has 7 nitrogen and oxygen atoms in total. The van der Waals surface area contributed by atoms with Crippen LogP contribution in [-0.2, 0) is 16.2 Å². The van der Waals surface area contributed by atoms with Crippen molar-refractivity contribution in [2.45, 2.75) is 6.61 Å². The summed E-state index contributed by atoms with van der Waals surface area (Å²) in [5, 5.41) is 2.35. The van der Waals surface area contributed by atoms with Crippen LogP contribution in [0.5, 0.6) is 11.5 Å². The summed E-state index contributed by atoms with van der Waals surface area (Å²) in [6.45, 7) is -0.436. The molecule has 1 fully saturated rings. The Balaban J connectivity index is 1.43. The van der Waals surface area contributed by atoms with E-state index in [-0.39, 0.29) is 17.3 Å². The fourth-order valence-corrected chi connectivity index (χ4v) is 5.99. The number of rotatable bonds is 8. The van der Waals surface area contributed by atoms with Crippen LogP contribution >= 0.6 is 55.2 Å². The predicted octanol–water partition coefficient (Wildman–Crippen LogP) is 7.27. The van der Waals surface area contributed by atoms with Gasteiger partial charge in [0, 0.05) is 11.3 Å². The van der Waals surface area contributed by atoms with Crippen LogP contribution in [0.25, 0.3) is 6.08 Å². The lowest BCUT2D eigenvalue weighted by molar-refractivity contribution is -0.127. The molecule has 12 heteroatoms. The van der Waals surface area contributed by atoms with E-state index in [0.29, 0.717) is 42.3 Å². The van der Waals surface area contributed by atoms with E-state index in [4.69, 9.17) is 21.1 Å². The number of halogens is 4. The molecule has 196 valence electrons. The highest BCUT2D eigenvalue weighted by Gasteiger charge is 2.36. The highest BCUT2D eigenvalue weighted by atomic mass is 79.9. The summed E-state index contributed by atoms with van der Waals surface area (Å²) >= 11 is 13.7. The molecule has 3 aromatic carbocycles. The molecule has 0 atom stereocenters. The third-order valence-electron chi connectivity index (χ3n) is 5.26. The van der Waals surface area contributed by atoms with Gasteiger partial charge in [0.05, 0.1) is 26.0 Å². The first-order valence-corrected chi connectivity index (χ1v) is 13.7. The van der Waals surface area contributed by atoms with Gasteiger partial charge in [0.1, 0.15) is 30.5 Å². The van der Waals surface area contributed by atoms with Crippen LogP contribution in [0.15, 0.2) is 68.4 Å². The largest absolute Gasteiger partial charge is 0.495 e. The zero-order chi connectivity index (χ0) is 27.4. The quantitative estimate of drug-likeness (QED) is 0.252. The Labute approximate surface area is 243 Å². The average molecular weight is 685 g/mol. The van der Waals surface area contributed by atoms with Crippen molar-refractivity contribution in [1.29, 1.82) is 0 Å². The highest BCUT2D eigenvalue weighted by Crippen LogP contribution is 2.38. The number of nitrogens with one attached hydrogen (secondary N) is 1. The van der Waals surface area contributed by atoms with E-state index in [1.165, 1.54) is 19.2 Å². The summed E-state index contributed by atoms with van der Waals surface area (Å²) in [6, 6.07) is 14.4. The van der Waals surface area contributed by atoms with Crippen LogP contribution in [0.3, 0.4) is 0 Å². The first kappa shape index (κ1) is 28.2. The van der Waals surface area contributed by atoms with Crippen LogP contribution in [0.2, 0.25) is 5.02 Å². The summed E-state index contributed by atoms with van der Waals surface area (Å²) < 4.78 is 25.9. The maximum Gasteiger partial charge on any atom is 0.294 e. The Morgan fingerprint density at radius 2 is 1.84 bits per heavy atom. The number of benzene rings is 3. The van der Waals surface area contributed by atoms with E-state index >= 15 is 0 Å². The standard InChI is InChI=1S/C26H18Br2ClFN2O5S/c1-36-21-7-6-16(11-19(21)29)31-23(33)12-32-25(34)22(38-26(32)35)10-14-8-17(27)24(18(28)9-14)37-13-15-4-2-3-5-20(15)30/h2-11H,12-13H2,1H3,(H,31,33)/b22-10+. The number of methoxy groups -OCH3 is 1. The Hall–Kier alpha value is -2.86. The van der Waals surface area contributed by atoms with Crippen LogP contribution in [-0.4, -0.2) is 35.6 Å². The number of amides is 3. The molecule has 3 aromatic rings. The van der Waals surface area contributed by atoms with Gasteiger partial charge in [-0.2, -0.15) is 0 Å².